The van der Waals surface area contributed by atoms with E-state index in [1.807, 2.05) is 6.92 Å². The number of thioether (sulfide) groups is 1. The molecule has 3 aromatic rings. The average molecular weight is 401 g/mol. The minimum absolute atomic E-state index is 0.0596. The molecular weight excluding hydrogens is 380 g/mol. The second-order valence-corrected chi connectivity index (χ2v) is 9.05. The zero-order chi connectivity index (χ0) is 18.8. The van der Waals surface area contributed by atoms with Gasteiger partial charge in [0.25, 0.3) is 0 Å². The van der Waals surface area contributed by atoms with Gasteiger partial charge >= 0.3 is 5.97 Å². The van der Waals surface area contributed by atoms with Gasteiger partial charge in [0.2, 0.25) is 0 Å². The molecule has 4 rings (SSSR count). The highest BCUT2D eigenvalue weighted by atomic mass is 32.2. The van der Waals surface area contributed by atoms with Gasteiger partial charge in [0.15, 0.2) is 5.82 Å². The number of carbonyl (C=O) groups excluding carboxylic acids is 1. The topological polar surface area (TPSA) is 77.9 Å². The molecule has 1 aliphatic carbocycles. The van der Waals surface area contributed by atoms with Crippen molar-refractivity contribution in [2.24, 2.45) is 0 Å². The summed E-state index contributed by atoms with van der Waals surface area (Å²) in [5, 5.41) is 2.14. The molecule has 8 heteroatoms. The monoisotopic (exact) mass is 400 g/mol. The maximum absolute atomic E-state index is 11.7. The van der Waals surface area contributed by atoms with E-state index in [1.165, 1.54) is 30.4 Å². The first-order chi connectivity index (χ1) is 13.2. The zero-order valence-corrected chi connectivity index (χ0v) is 16.9. The number of rotatable bonds is 5. The molecule has 0 spiro atoms. The van der Waals surface area contributed by atoms with Crippen LogP contribution in [0.4, 0.5) is 0 Å². The molecule has 0 N–H and O–H groups in total. The summed E-state index contributed by atoms with van der Waals surface area (Å²) in [6.45, 7) is 2.02. The number of hydrogen-bond acceptors (Lipinski definition) is 8. The molecule has 0 aromatic carbocycles. The first-order valence-corrected chi connectivity index (χ1v) is 10.7. The Morgan fingerprint density at radius 2 is 2.15 bits per heavy atom. The lowest BCUT2D eigenvalue weighted by Crippen LogP contribution is -2.09. The van der Waals surface area contributed by atoms with Crippen molar-refractivity contribution in [2.45, 2.75) is 49.3 Å². The van der Waals surface area contributed by atoms with E-state index in [4.69, 9.17) is 14.7 Å². The summed E-state index contributed by atoms with van der Waals surface area (Å²) < 4.78 is 4.81. The Labute approximate surface area is 165 Å². The molecule has 3 aromatic heterocycles. The van der Waals surface area contributed by atoms with Gasteiger partial charge in [0, 0.05) is 27.9 Å². The van der Waals surface area contributed by atoms with E-state index in [0.29, 0.717) is 17.9 Å². The molecule has 0 saturated carbocycles. The highest BCUT2D eigenvalue weighted by molar-refractivity contribution is 8.00. The molecule has 6 nitrogen and oxygen atoms in total. The lowest BCUT2D eigenvalue weighted by molar-refractivity contribution is -0.140. The summed E-state index contributed by atoms with van der Waals surface area (Å²) in [5.41, 5.74) is 2.05. The normalized spacial score (nSPS) is 14.7. The number of esters is 1. The largest absolute Gasteiger partial charge is 0.469 e. The second-order valence-electron chi connectivity index (χ2n) is 6.54. The molecule has 0 bridgehead atoms. The Hall–Kier alpha value is -2.06. The van der Waals surface area contributed by atoms with Gasteiger partial charge in [0.1, 0.15) is 15.6 Å². The van der Waals surface area contributed by atoms with Crippen LogP contribution in [0, 0.1) is 0 Å². The van der Waals surface area contributed by atoms with Crippen LogP contribution >= 0.6 is 23.1 Å². The molecule has 3 heterocycles. The highest BCUT2D eigenvalue weighted by Gasteiger charge is 2.23. The SMILES string of the molecule is COC(=O)CC(C)Sc1nc(-c2cnccn2)nc2sc3c(c12)CCCC3. The van der Waals surface area contributed by atoms with E-state index in [-0.39, 0.29) is 11.2 Å². The average Bonchev–Trinajstić information content (AvgIpc) is 3.07. The summed E-state index contributed by atoms with van der Waals surface area (Å²) in [7, 11) is 1.42. The number of carbonyl (C=O) groups is 1. The molecule has 0 aliphatic heterocycles. The predicted molar refractivity (Wildman–Crippen MR) is 107 cm³/mol. The van der Waals surface area contributed by atoms with Crippen LogP contribution in [0.25, 0.3) is 21.7 Å². The third kappa shape index (κ3) is 3.82. The second kappa shape index (κ2) is 7.90. The van der Waals surface area contributed by atoms with E-state index in [1.54, 1.807) is 41.7 Å². The van der Waals surface area contributed by atoms with Gasteiger partial charge in [-0.1, -0.05) is 6.92 Å². The molecule has 1 unspecified atom stereocenters. The molecule has 140 valence electrons. The van der Waals surface area contributed by atoms with Crippen molar-refractivity contribution in [3.05, 3.63) is 29.0 Å². The number of ether oxygens (including phenoxy) is 1. The summed E-state index contributed by atoms with van der Waals surface area (Å²) in [6, 6.07) is 0. The number of fused-ring (bicyclic) bond motifs is 3. The van der Waals surface area contributed by atoms with E-state index in [2.05, 4.69) is 9.97 Å². The van der Waals surface area contributed by atoms with Crippen molar-refractivity contribution in [2.75, 3.05) is 7.11 Å². The van der Waals surface area contributed by atoms with Crippen LogP contribution in [-0.4, -0.2) is 38.3 Å². The maximum Gasteiger partial charge on any atom is 0.306 e. The Bertz CT molecular complexity index is 975. The Balaban J connectivity index is 1.80. The molecule has 0 radical (unpaired) electrons. The van der Waals surface area contributed by atoms with Gasteiger partial charge in [-0.3, -0.25) is 9.78 Å². The fourth-order valence-corrected chi connectivity index (χ4v) is 5.69. The van der Waals surface area contributed by atoms with Crippen LogP contribution in [0.2, 0.25) is 0 Å². The highest BCUT2D eigenvalue weighted by Crippen LogP contribution is 2.41. The van der Waals surface area contributed by atoms with E-state index in [9.17, 15) is 4.79 Å². The third-order valence-electron chi connectivity index (χ3n) is 4.57. The van der Waals surface area contributed by atoms with Gasteiger partial charge in [0.05, 0.1) is 19.7 Å². The summed E-state index contributed by atoms with van der Waals surface area (Å²) >= 11 is 3.37. The van der Waals surface area contributed by atoms with Crippen LogP contribution < -0.4 is 0 Å². The van der Waals surface area contributed by atoms with Crippen molar-refractivity contribution in [1.29, 1.82) is 0 Å². The van der Waals surface area contributed by atoms with Gasteiger partial charge in [-0.05, 0) is 31.2 Å². The van der Waals surface area contributed by atoms with Crippen LogP contribution in [0.1, 0.15) is 36.6 Å². The molecular formula is C19H20N4O2S2. The Morgan fingerprint density at radius 1 is 1.30 bits per heavy atom. The number of thiophene rings is 1. The lowest BCUT2D eigenvalue weighted by atomic mass is 9.97. The molecule has 1 aliphatic rings. The molecule has 1 atom stereocenters. The standard InChI is InChI=1S/C19H20N4O2S2/c1-11(9-15(24)25-2)26-18-16-12-5-3-4-6-14(12)27-19(16)23-17(22-18)13-10-20-7-8-21-13/h7-8,10-11H,3-6,9H2,1-2H3. The van der Waals surface area contributed by atoms with Crippen LogP contribution in [-0.2, 0) is 22.4 Å². The number of hydrogen-bond donors (Lipinski definition) is 0. The van der Waals surface area contributed by atoms with E-state index < -0.39 is 0 Å². The summed E-state index contributed by atoms with van der Waals surface area (Å²) in [4.78, 5) is 32.2. The zero-order valence-electron chi connectivity index (χ0n) is 15.3. The third-order valence-corrected chi connectivity index (χ3v) is 6.84. The van der Waals surface area contributed by atoms with Gasteiger partial charge in [-0.25, -0.2) is 15.0 Å². The predicted octanol–water partition coefficient (Wildman–Crippen LogP) is 4.07. The molecule has 0 amide bonds. The minimum atomic E-state index is -0.207. The summed E-state index contributed by atoms with van der Waals surface area (Å²) in [6.07, 6.45) is 9.92. The quantitative estimate of drug-likeness (QED) is 0.363. The van der Waals surface area contributed by atoms with Gasteiger partial charge < -0.3 is 4.74 Å². The fraction of sp³-hybridized carbons (Fsp3) is 0.421. The van der Waals surface area contributed by atoms with Crippen LogP contribution in [0.15, 0.2) is 23.6 Å². The summed E-state index contributed by atoms with van der Waals surface area (Å²) in [5.74, 6) is 0.378. The molecule has 0 fully saturated rings. The molecule has 27 heavy (non-hydrogen) atoms. The Kier molecular flexibility index (Phi) is 5.36. The fourth-order valence-electron chi connectivity index (χ4n) is 3.29. The van der Waals surface area contributed by atoms with Gasteiger partial charge in [-0.2, -0.15) is 0 Å². The first-order valence-electron chi connectivity index (χ1n) is 8.98. The van der Waals surface area contributed by atoms with Gasteiger partial charge in [-0.15, -0.1) is 23.1 Å². The smallest absolute Gasteiger partial charge is 0.306 e. The first kappa shape index (κ1) is 18.3. The van der Waals surface area contributed by atoms with E-state index >= 15 is 0 Å². The Morgan fingerprint density at radius 3 is 2.93 bits per heavy atom. The minimum Gasteiger partial charge on any atom is -0.469 e. The van der Waals surface area contributed by atoms with Crippen molar-refractivity contribution in [3.8, 4) is 11.5 Å². The van der Waals surface area contributed by atoms with Crippen molar-refractivity contribution >= 4 is 39.3 Å². The number of methoxy groups -OCH3 is 1. The van der Waals surface area contributed by atoms with Crippen LogP contribution in [0.3, 0.4) is 0 Å². The van der Waals surface area contributed by atoms with Crippen molar-refractivity contribution in [1.82, 2.24) is 19.9 Å². The molecule has 0 saturated heterocycles. The van der Waals surface area contributed by atoms with Crippen molar-refractivity contribution in [3.63, 3.8) is 0 Å². The van der Waals surface area contributed by atoms with Crippen LogP contribution in [0.5, 0.6) is 0 Å². The van der Waals surface area contributed by atoms with Crippen molar-refractivity contribution < 1.29 is 9.53 Å². The number of aryl methyl sites for hydroxylation is 2. The lowest BCUT2D eigenvalue weighted by Gasteiger charge is -2.14. The number of aromatic nitrogens is 4. The maximum atomic E-state index is 11.7. The van der Waals surface area contributed by atoms with E-state index in [0.717, 1.165) is 28.1 Å². The number of nitrogens with zero attached hydrogens (tertiary/aromatic N) is 4.